The average Bonchev–Trinajstić information content (AvgIpc) is 3.14. The van der Waals surface area contributed by atoms with Gasteiger partial charge in [0.2, 0.25) is 11.8 Å². The molecule has 2 N–H and O–H groups in total. The topological polar surface area (TPSA) is 111 Å². The van der Waals surface area contributed by atoms with E-state index < -0.39 is 23.0 Å². The van der Waals surface area contributed by atoms with Crippen molar-refractivity contribution in [1.29, 1.82) is 5.26 Å². The van der Waals surface area contributed by atoms with Crippen molar-refractivity contribution in [1.82, 2.24) is 5.32 Å². The van der Waals surface area contributed by atoms with E-state index in [-0.39, 0.29) is 11.1 Å². The molecule has 2 aliphatic rings. The molecule has 0 radical (unpaired) electrons. The van der Waals surface area contributed by atoms with E-state index in [0.29, 0.717) is 22.5 Å². The number of thioether (sulfide) groups is 1. The Morgan fingerprint density at radius 2 is 2.06 bits per heavy atom. The van der Waals surface area contributed by atoms with E-state index in [0.717, 1.165) is 43.0 Å². The lowest BCUT2D eigenvalue weighted by molar-refractivity contribution is -0.129. The molecule has 1 aliphatic heterocycles. The first-order chi connectivity index (χ1) is 15.5. The SMILES string of the molecule is CCC(SC1=NC(=O)C(c2ccccc2)C(=O)N1)C(=O)Nc1sc2c(c1C#N)CCCC2. The van der Waals surface area contributed by atoms with Crippen molar-refractivity contribution in [2.45, 2.75) is 50.2 Å². The van der Waals surface area contributed by atoms with Crippen LogP contribution in [0.5, 0.6) is 0 Å². The Balaban J connectivity index is 1.48. The van der Waals surface area contributed by atoms with Crippen LogP contribution in [0.25, 0.3) is 0 Å². The number of rotatable bonds is 5. The number of amidine groups is 1. The molecule has 2 heterocycles. The zero-order valence-corrected chi connectivity index (χ0v) is 19.1. The minimum absolute atomic E-state index is 0.125. The Morgan fingerprint density at radius 3 is 2.75 bits per heavy atom. The summed E-state index contributed by atoms with van der Waals surface area (Å²) in [5.41, 5.74) is 2.20. The molecule has 1 aliphatic carbocycles. The Bertz CT molecular complexity index is 1130. The Kier molecular flexibility index (Phi) is 6.72. The monoisotopic (exact) mass is 466 g/mol. The van der Waals surface area contributed by atoms with Crippen molar-refractivity contribution < 1.29 is 14.4 Å². The van der Waals surface area contributed by atoms with Crippen LogP contribution in [-0.2, 0) is 27.2 Å². The molecule has 3 amide bonds. The van der Waals surface area contributed by atoms with Gasteiger partial charge in [-0.15, -0.1) is 11.3 Å². The summed E-state index contributed by atoms with van der Waals surface area (Å²) in [6, 6.07) is 11.0. The fourth-order valence-corrected chi connectivity index (χ4v) is 6.05. The number of hydrogen-bond donors (Lipinski definition) is 2. The number of fused-ring (bicyclic) bond motifs is 1. The summed E-state index contributed by atoms with van der Waals surface area (Å²) in [5.74, 6) is -2.26. The summed E-state index contributed by atoms with van der Waals surface area (Å²) in [4.78, 5) is 43.3. The zero-order valence-electron chi connectivity index (χ0n) is 17.5. The average molecular weight is 467 g/mol. The van der Waals surface area contributed by atoms with Gasteiger partial charge >= 0.3 is 0 Å². The second-order valence-electron chi connectivity index (χ2n) is 7.62. The van der Waals surface area contributed by atoms with Crippen LogP contribution < -0.4 is 10.6 Å². The van der Waals surface area contributed by atoms with Gasteiger partial charge in [-0.05, 0) is 43.2 Å². The number of anilines is 1. The second-order valence-corrected chi connectivity index (χ2v) is 9.92. The van der Waals surface area contributed by atoms with E-state index in [1.54, 1.807) is 24.3 Å². The minimum atomic E-state index is -0.981. The number of aliphatic imine (C=N–C) groups is 1. The number of thiophene rings is 1. The van der Waals surface area contributed by atoms with Crippen LogP contribution in [0.15, 0.2) is 35.3 Å². The Labute approximate surface area is 194 Å². The van der Waals surface area contributed by atoms with Crippen molar-refractivity contribution in [3.05, 3.63) is 51.9 Å². The largest absolute Gasteiger partial charge is 0.316 e. The fraction of sp³-hybridized carbons (Fsp3) is 0.348. The molecule has 32 heavy (non-hydrogen) atoms. The Morgan fingerprint density at radius 1 is 1.31 bits per heavy atom. The van der Waals surface area contributed by atoms with Gasteiger partial charge in [-0.1, -0.05) is 49.0 Å². The van der Waals surface area contributed by atoms with Crippen LogP contribution in [0.3, 0.4) is 0 Å². The first kappa shape index (κ1) is 22.2. The van der Waals surface area contributed by atoms with Crippen molar-refractivity contribution in [2.75, 3.05) is 5.32 Å². The van der Waals surface area contributed by atoms with E-state index in [9.17, 15) is 19.6 Å². The third kappa shape index (κ3) is 4.47. The summed E-state index contributed by atoms with van der Waals surface area (Å²) in [6.07, 6.45) is 4.41. The number of carbonyl (C=O) groups is 3. The molecular weight excluding hydrogens is 444 g/mol. The fourth-order valence-electron chi connectivity index (χ4n) is 3.90. The highest BCUT2D eigenvalue weighted by Gasteiger charge is 2.35. The zero-order chi connectivity index (χ0) is 22.7. The van der Waals surface area contributed by atoms with E-state index in [1.165, 1.54) is 16.2 Å². The van der Waals surface area contributed by atoms with Crippen molar-refractivity contribution in [2.24, 2.45) is 4.99 Å². The first-order valence-electron chi connectivity index (χ1n) is 10.5. The number of hydrogen-bond acceptors (Lipinski definition) is 6. The van der Waals surface area contributed by atoms with Gasteiger partial charge in [-0.2, -0.15) is 10.3 Å². The number of amides is 3. The highest BCUT2D eigenvalue weighted by molar-refractivity contribution is 8.15. The number of nitrogens with zero attached hydrogens (tertiary/aromatic N) is 2. The normalized spacial score (nSPS) is 18.8. The lowest BCUT2D eigenvalue weighted by Gasteiger charge is -2.22. The van der Waals surface area contributed by atoms with Crippen molar-refractivity contribution in [3.8, 4) is 6.07 Å². The maximum Gasteiger partial charge on any atom is 0.265 e. The molecule has 0 spiro atoms. The summed E-state index contributed by atoms with van der Waals surface area (Å²) < 4.78 is 0. The Hall–Kier alpha value is -2.96. The molecule has 2 aromatic rings. The maximum atomic E-state index is 13.0. The van der Waals surface area contributed by atoms with Crippen molar-refractivity contribution >= 4 is 51.0 Å². The summed E-state index contributed by atoms with van der Waals surface area (Å²) in [6.45, 7) is 1.85. The van der Waals surface area contributed by atoms with Crippen LogP contribution >= 0.6 is 23.1 Å². The van der Waals surface area contributed by atoms with Crippen LogP contribution in [0.2, 0.25) is 0 Å². The van der Waals surface area contributed by atoms with E-state index in [1.807, 2.05) is 13.0 Å². The molecule has 2 unspecified atom stereocenters. The van der Waals surface area contributed by atoms with Gasteiger partial charge in [0.1, 0.15) is 17.0 Å². The lowest BCUT2D eigenvalue weighted by atomic mass is 9.96. The molecule has 2 atom stereocenters. The van der Waals surface area contributed by atoms with Gasteiger partial charge < -0.3 is 10.6 Å². The van der Waals surface area contributed by atoms with Gasteiger partial charge in [0.25, 0.3) is 5.91 Å². The number of benzene rings is 1. The number of nitriles is 1. The summed E-state index contributed by atoms with van der Waals surface area (Å²) in [5, 5.41) is 15.3. The molecule has 164 valence electrons. The highest BCUT2D eigenvalue weighted by atomic mass is 32.2. The van der Waals surface area contributed by atoms with Crippen molar-refractivity contribution in [3.63, 3.8) is 0 Å². The van der Waals surface area contributed by atoms with Crippen LogP contribution in [-0.4, -0.2) is 28.1 Å². The summed E-state index contributed by atoms with van der Waals surface area (Å²) >= 11 is 2.52. The van der Waals surface area contributed by atoms with Crippen LogP contribution in [0.4, 0.5) is 5.00 Å². The van der Waals surface area contributed by atoms with Gasteiger partial charge in [0, 0.05) is 4.88 Å². The molecule has 4 rings (SSSR count). The number of carbonyl (C=O) groups excluding carboxylic acids is 3. The van der Waals surface area contributed by atoms with Gasteiger partial charge in [-0.25, -0.2) is 0 Å². The quantitative estimate of drug-likeness (QED) is 0.652. The molecule has 7 nitrogen and oxygen atoms in total. The molecule has 0 fully saturated rings. The van der Waals surface area contributed by atoms with Crippen LogP contribution in [0, 0.1) is 11.3 Å². The van der Waals surface area contributed by atoms with E-state index in [2.05, 4.69) is 21.7 Å². The van der Waals surface area contributed by atoms with E-state index in [4.69, 9.17) is 0 Å². The summed E-state index contributed by atoms with van der Waals surface area (Å²) in [7, 11) is 0. The minimum Gasteiger partial charge on any atom is -0.316 e. The van der Waals surface area contributed by atoms with Gasteiger partial charge in [-0.3, -0.25) is 14.4 Å². The first-order valence-corrected chi connectivity index (χ1v) is 12.2. The molecule has 0 saturated carbocycles. The smallest absolute Gasteiger partial charge is 0.265 e. The predicted molar refractivity (Wildman–Crippen MR) is 126 cm³/mol. The molecule has 1 aromatic carbocycles. The maximum absolute atomic E-state index is 13.0. The third-order valence-electron chi connectivity index (χ3n) is 5.52. The second kappa shape index (κ2) is 9.67. The molecular formula is C23H22N4O3S2. The highest BCUT2D eigenvalue weighted by Crippen LogP contribution is 2.38. The number of aryl methyl sites for hydroxylation is 1. The van der Waals surface area contributed by atoms with Gasteiger partial charge in [0.05, 0.1) is 10.8 Å². The standard InChI is InChI=1S/C23H22N4O3S2/c1-2-16(19(28)25-22-15(12-24)14-10-6-7-11-17(14)31-22)32-23-26-20(29)18(21(30)27-23)13-8-4-3-5-9-13/h3-5,8-9,16,18H,2,6-7,10-11H2,1H3,(H,25,28)(H,26,27,29,30). The predicted octanol–water partition coefficient (Wildman–Crippen LogP) is 3.75. The molecule has 1 aromatic heterocycles. The van der Waals surface area contributed by atoms with E-state index >= 15 is 0 Å². The number of nitrogens with one attached hydrogen (secondary N) is 2. The van der Waals surface area contributed by atoms with Crippen LogP contribution in [0.1, 0.15) is 53.7 Å². The lowest BCUT2D eigenvalue weighted by Crippen LogP contribution is -2.42. The molecule has 9 heteroatoms. The molecule has 0 bridgehead atoms. The third-order valence-corrected chi connectivity index (χ3v) is 7.98. The molecule has 0 saturated heterocycles. The van der Waals surface area contributed by atoms with Gasteiger partial charge in [0.15, 0.2) is 5.17 Å².